The van der Waals surface area contributed by atoms with E-state index in [1.54, 1.807) is 6.92 Å². The standard InChI is InChI=1S/C24H25N3O2/c1-2-29-24(28)22-13-14-27(17-20-11-7-4-8-12-20)18-21(15-25)23(22)26-16-19-9-5-3-6-10-19/h3-14,18,22-23,26H,2,16-17H2,1H3/t22-,23+/m0/s1. The molecule has 0 saturated carbocycles. The lowest BCUT2D eigenvalue weighted by Gasteiger charge is -2.23. The van der Waals surface area contributed by atoms with Crippen molar-refractivity contribution >= 4 is 5.97 Å². The van der Waals surface area contributed by atoms with Gasteiger partial charge in [0, 0.05) is 25.5 Å². The van der Waals surface area contributed by atoms with E-state index in [1.165, 1.54) is 0 Å². The summed E-state index contributed by atoms with van der Waals surface area (Å²) in [6.07, 6.45) is 5.49. The maximum atomic E-state index is 12.6. The molecule has 148 valence electrons. The van der Waals surface area contributed by atoms with Gasteiger partial charge in [0.1, 0.15) is 0 Å². The lowest BCUT2D eigenvalue weighted by molar-refractivity contribution is -0.146. The molecule has 5 heteroatoms. The molecule has 0 aliphatic carbocycles. The minimum absolute atomic E-state index is 0.300. The fourth-order valence-electron chi connectivity index (χ4n) is 3.31. The van der Waals surface area contributed by atoms with Gasteiger partial charge in [0.15, 0.2) is 0 Å². The van der Waals surface area contributed by atoms with Gasteiger partial charge in [-0.1, -0.05) is 66.7 Å². The zero-order chi connectivity index (χ0) is 20.5. The van der Waals surface area contributed by atoms with Crippen molar-refractivity contribution in [3.8, 4) is 6.07 Å². The average molecular weight is 387 g/mol. The van der Waals surface area contributed by atoms with E-state index in [4.69, 9.17) is 4.74 Å². The van der Waals surface area contributed by atoms with Crippen LogP contribution in [0.4, 0.5) is 0 Å². The van der Waals surface area contributed by atoms with Crippen molar-refractivity contribution < 1.29 is 9.53 Å². The molecule has 1 aliphatic rings. The molecule has 1 heterocycles. The van der Waals surface area contributed by atoms with E-state index in [9.17, 15) is 10.1 Å². The van der Waals surface area contributed by atoms with Crippen molar-refractivity contribution in [3.63, 3.8) is 0 Å². The van der Waals surface area contributed by atoms with Crippen LogP contribution in [0.5, 0.6) is 0 Å². The quantitative estimate of drug-likeness (QED) is 0.733. The number of nitrogens with zero attached hydrogens (tertiary/aromatic N) is 2. The van der Waals surface area contributed by atoms with Crippen LogP contribution in [0, 0.1) is 17.2 Å². The summed E-state index contributed by atoms with van der Waals surface area (Å²) in [4.78, 5) is 14.6. The summed E-state index contributed by atoms with van der Waals surface area (Å²) in [5, 5.41) is 13.2. The predicted octanol–water partition coefficient (Wildman–Crippen LogP) is 3.76. The van der Waals surface area contributed by atoms with Gasteiger partial charge in [-0.25, -0.2) is 0 Å². The minimum atomic E-state index is -0.578. The number of esters is 1. The Morgan fingerprint density at radius 3 is 2.38 bits per heavy atom. The van der Waals surface area contributed by atoms with Crippen LogP contribution in [0.1, 0.15) is 18.1 Å². The van der Waals surface area contributed by atoms with Crippen molar-refractivity contribution in [1.82, 2.24) is 10.2 Å². The number of benzene rings is 2. The number of rotatable bonds is 7. The molecule has 0 bridgehead atoms. The Hall–Kier alpha value is -3.36. The molecule has 0 fully saturated rings. The molecule has 3 rings (SSSR count). The van der Waals surface area contributed by atoms with E-state index in [0.717, 1.165) is 11.1 Å². The fourth-order valence-corrected chi connectivity index (χ4v) is 3.31. The Labute approximate surface area is 171 Å². The summed E-state index contributed by atoms with van der Waals surface area (Å²) in [6, 6.07) is 21.7. The van der Waals surface area contributed by atoms with Crippen molar-refractivity contribution in [3.05, 3.63) is 95.8 Å². The molecule has 0 spiro atoms. The van der Waals surface area contributed by atoms with Crippen molar-refractivity contribution in [2.45, 2.75) is 26.1 Å². The second-order valence-electron chi connectivity index (χ2n) is 6.82. The van der Waals surface area contributed by atoms with E-state index in [-0.39, 0.29) is 5.97 Å². The SMILES string of the molecule is CCOC(=O)[C@H]1C=CN(Cc2ccccc2)C=C(C#N)[C@H]1NCc1ccccc1. The second kappa shape index (κ2) is 10.3. The summed E-state index contributed by atoms with van der Waals surface area (Å²) in [7, 11) is 0. The number of ether oxygens (including phenoxy) is 1. The third-order valence-corrected chi connectivity index (χ3v) is 4.75. The zero-order valence-electron chi connectivity index (χ0n) is 16.5. The monoisotopic (exact) mass is 387 g/mol. The Balaban J connectivity index is 1.86. The Morgan fingerprint density at radius 1 is 1.10 bits per heavy atom. The lowest BCUT2D eigenvalue weighted by atomic mass is 9.94. The Kier molecular flexibility index (Phi) is 7.21. The molecule has 0 aromatic heterocycles. The van der Waals surface area contributed by atoms with Gasteiger partial charge in [0.25, 0.3) is 0 Å². The van der Waals surface area contributed by atoms with Gasteiger partial charge in [0.05, 0.1) is 30.2 Å². The zero-order valence-corrected chi connectivity index (χ0v) is 16.5. The summed E-state index contributed by atoms with van der Waals surface area (Å²) < 4.78 is 5.28. The maximum Gasteiger partial charge on any atom is 0.314 e. The second-order valence-corrected chi connectivity index (χ2v) is 6.82. The predicted molar refractivity (Wildman–Crippen MR) is 112 cm³/mol. The summed E-state index contributed by atoms with van der Waals surface area (Å²) in [5.41, 5.74) is 2.70. The van der Waals surface area contributed by atoms with Crippen LogP contribution in [0.15, 0.2) is 84.7 Å². The number of carbonyl (C=O) groups is 1. The van der Waals surface area contributed by atoms with E-state index < -0.39 is 12.0 Å². The van der Waals surface area contributed by atoms with Crippen LogP contribution < -0.4 is 5.32 Å². The number of nitriles is 1. The van der Waals surface area contributed by atoms with Crippen LogP contribution in [-0.4, -0.2) is 23.5 Å². The minimum Gasteiger partial charge on any atom is -0.465 e. The van der Waals surface area contributed by atoms with Gasteiger partial charge < -0.3 is 15.0 Å². The first-order chi connectivity index (χ1) is 14.2. The highest BCUT2D eigenvalue weighted by Crippen LogP contribution is 2.23. The first-order valence-corrected chi connectivity index (χ1v) is 9.75. The van der Waals surface area contributed by atoms with Crippen LogP contribution in [0.2, 0.25) is 0 Å². The van der Waals surface area contributed by atoms with Crippen LogP contribution in [0.25, 0.3) is 0 Å². The van der Waals surface area contributed by atoms with Crippen molar-refractivity contribution in [1.29, 1.82) is 5.26 Å². The normalized spacial score (nSPS) is 18.5. The van der Waals surface area contributed by atoms with Crippen molar-refractivity contribution in [2.24, 2.45) is 5.92 Å². The number of hydrogen-bond acceptors (Lipinski definition) is 5. The summed E-state index contributed by atoms with van der Waals surface area (Å²) >= 11 is 0. The molecule has 1 aliphatic heterocycles. The van der Waals surface area contributed by atoms with Gasteiger partial charge >= 0.3 is 5.97 Å². The molecule has 29 heavy (non-hydrogen) atoms. The van der Waals surface area contributed by atoms with E-state index in [1.807, 2.05) is 84.0 Å². The molecule has 0 saturated heterocycles. The highest BCUT2D eigenvalue weighted by Gasteiger charge is 2.32. The first kappa shape index (κ1) is 20.4. The van der Waals surface area contributed by atoms with Crippen molar-refractivity contribution in [2.75, 3.05) is 6.61 Å². The Bertz CT molecular complexity index is 901. The molecule has 0 unspecified atom stereocenters. The average Bonchev–Trinajstić information content (AvgIpc) is 2.93. The molecule has 0 amide bonds. The van der Waals surface area contributed by atoms with Crippen LogP contribution >= 0.6 is 0 Å². The smallest absolute Gasteiger partial charge is 0.314 e. The summed E-state index contributed by atoms with van der Waals surface area (Å²) in [6.45, 7) is 3.25. The molecule has 2 aromatic rings. The highest BCUT2D eigenvalue weighted by atomic mass is 16.5. The van der Waals surface area contributed by atoms with Gasteiger partial charge in [-0.3, -0.25) is 4.79 Å². The maximum absolute atomic E-state index is 12.6. The number of carbonyl (C=O) groups excluding carboxylic acids is 1. The molecule has 2 atom stereocenters. The topological polar surface area (TPSA) is 65.4 Å². The number of nitrogens with one attached hydrogen (secondary N) is 1. The van der Waals surface area contributed by atoms with Gasteiger partial charge in [-0.2, -0.15) is 5.26 Å². The van der Waals surface area contributed by atoms with Crippen LogP contribution in [0.3, 0.4) is 0 Å². The van der Waals surface area contributed by atoms with E-state index in [0.29, 0.717) is 25.3 Å². The number of hydrogen-bond donors (Lipinski definition) is 1. The molecule has 2 aromatic carbocycles. The van der Waals surface area contributed by atoms with Gasteiger partial charge in [0.2, 0.25) is 0 Å². The molecule has 5 nitrogen and oxygen atoms in total. The summed E-state index contributed by atoms with van der Waals surface area (Å²) in [5.74, 6) is -0.914. The largest absolute Gasteiger partial charge is 0.465 e. The third kappa shape index (κ3) is 5.56. The van der Waals surface area contributed by atoms with Crippen LogP contribution in [-0.2, 0) is 22.6 Å². The molecule has 0 radical (unpaired) electrons. The van der Waals surface area contributed by atoms with Gasteiger partial charge in [-0.15, -0.1) is 0 Å². The first-order valence-electron chi connectivity index (χ1n) is 9.75. The molecular formula is C24H25N3O2. The third-order valence-electron chi connectivity index (χ3n) is 4.75. The lowest BCUT2D eigenvalue weighted by Crippen LogP contribution is -2.40. The van der Waals surface area contributed by atoms with Gasteiger partial charge in [-0.05, 0) is 18.1 Å². The molecule has 1 N–H and O–H groups in total. The fraction of sp³-hybridized carbons (Fsp3) is 0.250. The molecular weight excluding hydrogens is 362 g/mol. The Morgan fingerprint density at radius 2 is 1.76 bits per heavy atom. The van der Waals surface area contributed by atoms with E-state index >= 15 is 0 Å². The van der Waals surface area contributed by atoms with E-state index in [2.05, 4.69) is 11.4 Å². The highest BCUT2D eigenvalue weighted by molar-refractivity contribution is 5.76.